The summed E-state index contributed by atoms with van der Waals surface area (Å²) in [6.45, 7) is 11.8. The minimum atomic E-state index is -0.747. The van der Waals surface area contributed by atoms with Crippen molar-refractivity contribution < 1.29 is 24.9 Å². The Kier molecular flexibility index (Phi) is 11.7. The average molecular weight is 589 g/mol. The van der Waals surface area contributed by atoms with Gasteiger partial charge >= 0.3 is 0 Å². The highest BCUT2D eigenvalue weighted by Gasteiger charge is 2.34. The Morgan fingerprint density at radius 2 is 1.33 bits per heavy atom. The molecule has 0 radical (unpaired) electrons. The van der Waals surface area contributed by atoms with Crippen LogP contribution in [0.3, 0.4) is 0 Å². The first-order valence-electron chi connectivity index (χ1n) is 15.1. The number of aliphatic hydroxyl groups excluding tert-OH is 3. The van der Waals surface area contributed by atoms with Gasteiger partial charge in [0, 0.05) is 29.8 Å². The molecule has 43 heavy (non-hydrogen) atoms. The van der Waals surface area contributed by atoms with Crippen molar-refractivity contribution in [1.82, 2.24) is 9.80 Å². The predicted molar refractivity (Wildman–Crippen MR) is 171 cm³/mol. The number of aryl methyl sites for hydroxylation is 2. The summed E-state index contributed by atoms with van der Waals surface area (Å²) in [7, 11) is 0. The van der Waals surface area contributed by atoms with E-state index in [0.29, 0.717) is 24.0 Å². The third kappa shape index (κ3) is 8.53. The smallest absolute Gasteiger partial charge is 0.254 e. The molecule has 7 heteroatoms. The maximum Gasteiger partial charge on any atom is 0.254 e. The Hall–Kier alpha value is -3.52. The molecule has 3 N–H and O–H groups in total. The standard InChI is InChI=1S/C36H48N2O5/c1-26-16-17-27(32(24-26)34(43)37(20-22-39)35(2,3)4)18-19-30(41)25-28-12-10-11-15-31(28)33(42)38(21-23-40)36(5,6)29-13-8-7-9-14-29/h7-17,24,30,39-41H,18-23,25H2,1-6H3. The van der Waals surface area contributed by atoms with E-state index < -0.39 is 17.2 Å². The Bertz CT molecular complexity index is 1360. The topological polar surface area (TPSA) is 101 Å². The largest absolute Gasteiger partial charge is 0.395 e. The normalized spacial score (nSPS) is 12.6. The quantitative estimate of drug-likeness (QED) is 0.257. The Morgan fingerprint density at radius 1 is 0.744 bits per heavy atom. The molecule has 3 aromatic carbocycles. The Labute approximate surface area is 256 Å². The van der Waals surface area contributed by atoms with Gasteiger partial charge in [0.15, 0.2) is 0 Å². The van der Waals surface area contributed by atoms with E-state index in [9.17, 15) is 24.9 Å². The molecular weight excluding hydrogens is 540 g/mol. The van der Waals surface area contributed by atoms with E-state index in [-0.39, 0.29) is 44.5 Å². The fourth-order valence-corrected chi connectivity index (χ4v) is 5.56. The van der Waals surface area contributed by atoms with Gasteiger partial charge in [0.05, 0.1) is 24.9 Å². The van der Waals surface area contributed by atoms with Crippen molar-refractivity contribution in [1.29, 1.82) is 0 Å². The lowest BCUT2D eigenvalue weighted by atomic mass is 9.90. The van der Waals surface area contributed by atoms with Crippen molar-refractivity contribution in [3.8, 4) is 0 Å². The maximum absolute atomic E-state index is 14.0. The molecule has 0 saturated heterocycles. The van der Waals surface area contributed by atoms with E-state index in [1.807, 2.05) is 108 Å². The van der Waals surface area contributed by atoms with Crippen molar-refractivity contribution in [3.05, 3.63) is 106 Å². The van der Waals surface area contributed by atoms with E-state index in [0.717, 1.165) is 22.3 Å². The molecule has 3 rings (SSSR count). The summed E-state index contributed by atoms with van der Waals surface area (Å²) in [6, 6.07) is 22.8. The van der Waals surface area contributed by atoms with Crippen molar-refractivity contribution in [2.75, 3.05) is 26.3 Å². The molecule has 0 aliphatic heterocycles. The number of benzene rings is 3. The molecule has 3 aromatic rings. The van der Waals surface area contributed by atoms with Crippen LogP contribution in [0, 0.1) is 6.92 Å². The summed E-state index contributed by atoms with van der Waals surface area (Å²) >= 11 is 0. The molecule has 232 valence electrons. The van der Waals surface area contributed by atoms with Gasteiger partial charge < -0.3 is 25.1 Å². The second kappa shape index (κ2) is 14.8. The zero-order chi connectivity index (χ0) is 31.8. The summed E-state index contributed by atoms with van der Waals surface area (Å²) in [5.74, 6) is -0.348. The summed E-state index contributed by atoms with van der Waals surface area (Å²) in [4.78, 5) is 30.9. The molecule has 0 spiro atoms. The highest BCUT2D eigenvalue weighted by Crippen LogP contribution is 2.30. The molecule has 0 heterocycles. The Balaban J connectivity index is 1.81. The van der Waals surface area contributed by atoms with Gasteiger partial charge in [0.1, 0.15) is 0 Å². The van der Waals surface area contributed by atoms with Crippen LogP contribution in [0.5, 0.6) is 0 Å². The van der Waals surface area contributed by atoms with E-state index in [2.05, 4.69) is 0 Å². The van der Waals surface area contributed by atoms with Crippen LogP contribution in [0.4, 0.5) is 0 Å². The molecule has 2 amide bonds. The summed E-state index contributed by atoms with van der Waals surface area (Å²) in [5, 5.41) is 30.6. The van der Waals surface area contributed by atoms with Crippen LogP contribution in [0.2, 0.25) is 0 Å². The molecule has 0 aliphatic carbocycles. The summed E-state index contributed by atoms with van der Waals surface area (Å²) < 4.78 is 0. The van der Waals surface area contributed by atoms with Crippen molar-refractivity contribution in [2.24, 2.45) is 0 Å². The summed E-state index contributed by atoms with van der Waals surface area (Å²) in [5.41, 5.74) is 3.43. The van der Waals surface area contributed by atoms with Crippen LogP contribution in [-0.4, -0.2) is 74.9 Å². The number of carbonyl (C=O) groups is 2. The molecule has 0 aliphatic rings. The van der Waals surface area contributed by atoms with E-state index in [1.54, 1.807) is 15.9 Å². The fraction of sp³-hybridized carbons (Fsp3) is 0.444. The second-order valence-electron chi connectivity index (χ2n) is 12.7. The first-order chi connectivity index (χ1) is 20.3. The SMILES string of the molecule is Cc1ccc(CCC(O)Cc2ccccc2C(=O)N(CCO)C(C)(C)c2ccccc2)c(C(=O)N(CCO)C(C)(C)C)c1. The van der Waals surface area contributed by atoms with Crippen LogP contribution in [0.15, 0.2) is 72.8 Å². The first-order valence-corrected chi connectivity index (χ1v) is 15.1. The predicted octanol–water partition coefficient (Wildman–Crippen LogP) is 5.13. The molecule has 0 bridgehead atoms. The van der Waals surface area contributed by atoms with Crippen molar-refractivity contribution >= 4 is 11.8 Å². The van der Waals surface area contributed by atoms with Gasteiger partial charge in [0.25, 0.3) is 11.8 Å². The van der Waals surface area contributed by atoms with Crippen molar-refractivity contribution in [3.63, 3.8) is 0 Å². The van der Waals surface area contributed by atoms with Crippen LogP contribution in [0.1, 0.15) is 84.0 Å². The molecule has 0 fully saturated rings. The lowest BCUT2D eigenvalue weighted by Gasteiger charge is -2.39. The van der Waals surface area contributed by atoms with Gasteiger partial charge in [-0.1, -0.05) is 66.2 Å². The van der Waals surface area contributed by atoms with Gasteiger partial charge in [-0.05, 0) is 89.6 Å². The number of rotatable bonds is 13. The maximum atomic E-state index is 14.0. The molecule has 7 nitrogen and oxygen atoms in total. The van der Waals surface area contributed by atoms with E-state index in [1.165, 1.54) is 0 Å². The molecular formula is C36H48N2O5. The van der Waals surface area contributed by atoms with Gasteiger partial charge in [0.2, 0.25) is 0 Å². The van der Waals surface area contributed by atoms with Crippen LogP contribution < -0.4 is 0 Å². The average Bonchev–Trinajstić information content (AvgIpc) is 2.97. The van der Waals surface area contributed by atoms with Crippen LogP contribution >= 0.6 is 0 Å². The number of β-amino-alcohol motifs (C(OH)–C–C–N with tert-alkyl or cyclic N) is 1. The zero-order valence-corrected chi connectivity index (χ0v) is 26.5. The van der Waals surface area contributed by atoms with Crippen LogP contribution in [0.25, 0.3) is 0 Å². The van der Waals surface area contributed by atoms with Gasteiger partial charge in [-0.15, -0.1) is 0 Å². The third-order valence-corrected chi connectivity index (χ3v) is 8.05. The fourth-order valence-electron chi connectivity index (χ4n) is 5.56. The molecule has 0 saturated carbocycles. The number of hydrogen-bond donors (Lipinski definition) is 3. The Morgan fingerprint density at radius 3 is 1.95 bits per heavy atom. The first kappa shape index (κ1) is 34.0. The molecule has 1 atom stereocenters. The summed E-state index contributed by atoms with van der Waals surface area (Å²) in [6.07, 6.45) is 0.404. The van der Waals surface area contributed by atoms with Crippen LogP contribution in [-0.2, 0) is 18.4 Å². The lowest BCUT2D eigenvalue weighted by Crippen LogP contribution is -2.47. The number of nitrogens with zero attached hydrogens (tertiary/aromatic N) is 2. The highest BCUT2D eigenvalue weighted by atomic mass is 16.3. The number of hydrogen-bond acceptors (Lipinski definition) is 5. The van der Waals surface area contributed by atoms with E-state index in [4.69, 9.17) is 0 Å². The number of aliphatic hydroxyl groups is 3. The minimum Gasteiger partial charge on any atom is -0.395 e. The van der Waals surface area contributed by atoms with Gasteiger partial charge in [-0.25, -0.2) is 0 Å². The second-order valence-corrected chi connectivity index (χ2v) is 12.7. The monoisotopic (exact) mass is 588 g/mol. The molecule has 0 aromatic heterocycles. The third-order valence-electron chi connectivity index (χ3n) is 8.05. The highest BCUT2D eigenvalue weighted by molar-refractivity contribution is 5.97. The van der Waals surface area contributed by atoms with Crippen molar-refractivity contribution in [2.45, 2.75) is 78.0 Å². The number of carbonyl (C=O) groups excluding carboxylic acids is 2. The van der Waals surface area contributed by atoms with Gasteiger partial charge in [-0.3, -0.25) is 9.59 Å². The zero-order valence-electron chi connectivity index (χ0n) is 26.5. The lowest BCUT2D eigenvalue weighted by molar-refractivity contribution is 0.0477. The molecule has 1 unspecified atom stereocenters. The van der Waals surface area contributed by atoms with E-state index >= 15 is 0 Å². The number of amides is 2. The van der Waals surface area contributed by atoms with Gasteiger partial charge in [-0.2, -0.15) is 0 Å². The minimum absolute atomic E-state index is 0.126.